The number of primary amides is 1. The van der Waals surface area contributed by atoms with Gasteiger partial charge in [-0.25, -0.2) is 9.37 Å². The van der Waals surface area contributed by atoms with Gasteiger partial charge in [0.15, 0.2) is 5.60 Å². The molecule has 3 aromatic rings. The first-order valence-electron chi connectivity index (χ1n) is 10.2. The van der Waals surface area contributed by atoms with Crippen molar-refractivity contribution >= 4 is 28.7 Å². The van der Waals surface area contributed by atoms with Crippen LogP contribution in [0.1, 0.15) is 36.3 Å². The van der Waals surface area contributed by atoms with Crippen LogP contribution in [-0.4, -0.2) is 41.1 Å². The molecule has 10 heteroatoms. The fourth-order valence-corrected chi connectivity index (χ4v) is 3.76. The van der Waals surface area contributed by atoms with Crippen LogP contribution in [-0.2, 0) is 5.41 Å². The van der Waals surface area contributed by atoms with Crippen molar-refractivity contribution in [1.82, 2.24) is 4.98 Å². The van der Waals surface area contributed by atoms with Crippen molar-refractivity contribution in [2.75, 3.05) is 7.11 Å². The van der Waals surface area contributed by atoms with Crippen LogP contribution in [0.2, 0.25) is 0 Å². The second kappa shape index (κ2) is 9.02. The fraction of sp³-hybridized carbons (Fsp3) is 0.292. The predicted octanol–water partition coefficient (Wildman–Crippen LogP) is 4.85. The Morgan fingerprint density at radius 2 is 1.88 bits per heavy atom. The number of rotatable bonds is 7. The summed E-state index contributed by atoms with van der Waals surface area (Å²) in [4.78, 5) is 19.4. The number of pyridine rings is 1. The molecule has 0 aliphatic rings. The monoisotopic (exact) mass is 477 g/mol. The Labute approximate surface area is 193 Å². The number of hydrogen-bond donors (Lipinski definition) is 2. The average Bonchev–Trinajstić information content (AvgIpc) is 2.76. The van der Waals surface area contributed by atoms with E-state index in [9.17, 15) is 27.5 Å². The van der Waals surface area contributed by atoms with E-state index in [1.165, 1.54) is 51.3 Å². The molecule has 34 heavy (non-hydrogen) atoms. The SMILES string of the molecule is COc1ccc(F)cc1C(C)(C)CC(O)(/C=N/c1cccc2nc(C(N)=O)ccc12)C(F)(F)F. The molecule has 0 aliphatic heterocycles. The quantitative estimate of drug-likeness (QED) is 0.376. The molecule has 0 saturated carbocycles. The molecule has 1 aromatic heterocycles. The summed E-state index contributed by atoms with van der Waals surface area (Å²) in [6.45, 7) is 2.89. The Morgan fingerprint density at radius 1 is 1.18 bits per heavy atom. The van der Waals surface area contributed by atoms with Crippen molar-refractivity contribution in [3.8, 4) is 5.75 Å². The number of hydrogen-bond acceptors (Lipinski definition) is 5. The van der Waals surface area contributed by atoms with Crippen LogP contribution in [0, 0.1) is 5.82 Å². The number of ether oxygens (including phenoxy) is 1. The highest BCUT2D eigenvalue weighted by atomic mass is 19.4. The lowest BCUT2D eigenvalue weighted by atomic mass is 9.74. The van der Waals surface area contributed by atoms with Gasteiger partial charge in [-0.1, -0.05) is 19.9 Å². The zero-order valence-corrected chi connectivity index (χ0v) is 18.7. The van der Waals surface area contributed by atoms with Gasteiger partial charge in [0.2, 0.25) is 0 Å². The molecule has 1 atom stereocenters. The van der Waals surface area contributed by atoms with Gasteiger partial charge in [0.1, 0.15) is 17.3 Å². The molecule has 6 nitrogen and oxygen atoms in total. The summed E-state index contributed by atoms with van der Waals surface area (Å²) >= 11 is 0. The van der Waals surface area contributed by atoms with E-state index in [1.54, 1.807) is 6.07 Å². The summed E-state index contributed by atoms with van der Waals surface area (Å²) in [6, 6.07) is 10.8. The van der Waals surface area contributed by atoms with Gasteiger partial charge < -0.3 is 15.6 Å². The smallest absolute Gasteiger partial charge is 0.422 e. The molecule has 2 aromatic carbocycles. The molecule has 1 heterocycles. The van der Waals surface area contributed by atoms with Crippen LogP contribution in [0.25, 0.3) is 10.9 Å². The first-order valence-corrected chi connectivity index (χ1v) is 10.2. The van der Waals surface area contributed by atoms with Gasteiger partial charge in [-0.15, -0.1) is 0 Å². The number of nitrogens with zero attached hydrogens (tertiary/aromatic N) is 2. The zero-order chi connectivity index (χ0) is 25.3. The second-order valence-corrected chi connectivity index (χ2v) is 8.49. The van der Waals surface area contributed by atoms with E-state index in [0.29, 0.717) is 17.1 Å². The van der Waals surface area contributed by atoms with E-state index >= 15 is 0 Å². The summed E-state index contributed by atoms with van der Waals surface area (Å²) in [6.07, 6.45) is -5.52. The number of aliphatic imine (C=N–C) groups is 1. The molecule has 0 bridgehead atoms. The van der Waals surface area contributed by atoms with Gasteiger partial charge in [0.25, 0.3) is 5.91 Å². The molecular weight excluding hydrogens is 454 g/mol. The van der Waals surface area contributed by atoms with Gasteiger partial charge in [0.05, 0.1) is 18.3 Å². The topological polar surface area (TPSA) is 97.8 Å². The van der Waals surface area contributed by atoms with Crippen LogP contribution in [0.4, 0.5) is 23.2 Å². The maximum absolute atomic E-state index is 14.1. The van der Waals surface area contributed by atoms with Crippen molar-refractivity contribution in [2.45, 2.75) is 37.5 Å². The van der Waals surface area contributed by atoms with E-state index in [2.05, 4.69) is 9.98 Å². The third-order valence-electron chi connectivity index (χ3n) is 5.47. The minimum absolute atomic E-state index is 0.00813. The lowest BCUT2D eigenvalue weighted by Gasteiger charge is -2.36. The molecule has 0 saturated heterocycles. The summed E-state index contributed by atoms with van der Waals surface area (Å²) in [7, 11) is 1.32. The number of benzene rings is 2. The highest BCUT2D eigenvalue weighted by molar-refractivity contribution is 5.97. The van der Waals surface area contributed by atoms with E-state index in [-0.39, 0.29) is 22.7 Å². The summed E-state index contributed by atoms with van der Waals surface area (Å²) < 4.78 is 61.2. The predicted molar refractivity (Wildman–Crippen MR) is 120 cm³/mol. The first-order chi connectivity index (χ1) is 15.8. The van der Waals surface area contributed by atoms with Crippen molar-refractivity contribution in [3.05, 3.63) is 65.6 Å². The number of carbonyl (C=O) groups is 1. The van der Waals surface area contributed by atoms with E-state index in [0.717, 1.165) is 12.1 Å². The van der Waals surface area contributed by atoms with Gasteiger partial charge in [0, 0.05) is 17.2 Å². The fourth-order valence-electron chi connectivity index (χ4n) is 3.76. The average molecular weight is 477 g/mol. The van der Waals surface area contributed by atoms with Gasteiger partial charge in [-0.3, -0.25) is 9.79 Å². The maximum Gasteiger partial charge on any atom is 0.422 e. The standard InChI is InChI=1S/C24H23F4N3O3/c1-22(2,16-11-14(25)7-10-20(16)34-3)12-23(33,24(26,27)28)13-30-17-5-4-6-18-15(17)8-9-19(31-18)21(29)32/h4-11,13,33H,12H2,1-3H3,(H2,29,32)/b30-13+. The Bertz CT molecular complexity index is 1260. The number of nitrogens with two attached hydrogens (primary N) is 1. The van der Waals surface area contributed by atoms with Crippen LogP contribution >= 0.6 is 0 Å². The molecular formula is C24H23F4N3O3. The minimum atomic E-state index is -5.09. The number of halogens is 4. The van der Waals surface area contributed by atoms with Crippen molar-refractivity contribution in [1.29, 1.82) is 0 Å². The molecule has 3 rings (SSSR count). The summed E-state index contributed by atoms with van der Waals surface area (Å²) in [5.74, 6) is -1.21. The number of aromatic nitrogens is 1. The van der Waals surface area contributed by atoms with Crippen molar-refractivity contribution in [2.24, 2.45) is 10.7 Å². The lowest BCUT2D eigenvalue weighted by molar-refractivity contribution is -0.234. The van der Waals surface area contributed by atoms with Gasteiger partial charge >= 0.3 is 6.18 Å². The van der Waals surface area contributed by atoms with Crippen LogP contribution in [0.3, 0.4) is 0 Å². The zero-order valence-electron chi connectivity index (χ0n) is 18.7. The van der Waals surface area contributed by atoms with E-state index in [4.69, 9.17) is 10.5 Å². The number of carbonyl (C=O) groups excluding carboxylic acids is 1. The first kappa shape index (κ1) is 25.1. The minimum Gasteiger partial charge on any atom is -0.496 e. The van der Waals surface area contributed by atoms with Crippen LogP contribution in [0.5, 0.6) is 5.75 Å². The molecule has 1 unspecified atom stereocenters. The number of amides is 1. The Kier molecular flexibility index (Phi) is 6.66. The normalized spacial score (nSPS) is 14.4. The summed E-state index contributed by atoms with van der Waals surface area (Å²) in [5.41, 5.74) is 1.07. The molecule has 1 amide bonds. The maximum atomic E-state index is 14.1. The van der Waals surface area contributed by atoms with Crippen molar-refractivity contribution < 1.29 is 32.2 Å². The van der Waals surface area contributed by atoms with Crippen LogP contribution < -0.4 is 10.5 Å². The summed E-state index contributed by atoms with van der Waals surface area (Å²) in [5, 5.41) is 11.1. The van der Waals surface area contributed by atoms with E-state index < -0.39 is 35.3 Å². The Morgan fingerprint density at radius 3 is 2.50 bits per heavy atom. The van der Waals surface area contributed by atoms with E-state index in [1.807, 2.05) is 0 Å². The molecule has 0 fully saturated rings. The molecule has 0 spiro atoms. The third kappa shape index (κ3) is 5.01. The Balaban J connectivity index is 2.04. The lowest BCUT2D eigenvalue weighted by Crippen LogP contribution is -2.50. The number of alkyl halides is 3. The molecule has 0 aliphatic carbocycles. The molecule has 180 valence electrons. The van der Waals surface area contributed by atoms with Gasteiger partial charge in [-0.2, -0.15) is 13.2 Å². The van der Waals surface area contributed by atoms with Crippen molar-refractivity contribution in [3.63, 3.8) is 0 Å². The van der Waals surface area contributed by atoms with Crippen LogP contribution in [0.15, 0.2) is 53.5 Å². The second-order valence-electron chi connectivity index (χ2n) is 8.49. The third-order valence-corrected chi connectivity index (χ3v) is 5.47. The number of aliphatic hydroxyl groups is 1. The number of fused-ring (bicyclic) bond motifs is 1. The highest BCUT2D eigenvalue weighted by Crippen LogP contribution is 2.43. The largest absolute Gasteiger partial charge is 0.496 e. The highest BCUT2D eigenvalue weighted by Gasteiger charge is 2.55. The molecule has 3 N–H and O–H groups in total. The van der Waals surface area contributed by atoms with Gasteiger partial charge in [-0.05, 0) is 54.3 Å². The Hall–Kier alpha value is -3.53. The number of methoxy groups -OCH3 is 1. The molecule has 0 radical (unpaired) electrons.